The highest BCUT2D eigenvalue weighted by Crippen LogP contribution is 2.08. The lowest BCUT2D eigenvalue weighted by Crippen LogP contribution is -2.27. The van der Waals surface area contributed by atoms with Gasteiger partial charge in [0.25, 0.3) is 5.91 Å². The first-order valence-corrected chi connectivity index (χ1v) is 4.40. The largest absolute Gasteiger partial charge is 0.335 e. The molecule has 1 rings (SSSR count). The van der Waals surface area contributed by atoms with Gasteiger partial charge in [-0.1, -0.05) is 24.3 Å². The van der Waals surface area contributed by atoms with Crippen molar-refractivity contribution in [3.63, 3.8) is 0 Å². The van der Waals surface area contributed by atoms with E-state index in [2.05, 4.69) is 0 Å². The second-order valence-corrected chi connectivity index (χ2v) is 3.24. The van der Waals surface area contributed by atoms with E-state index < -0.39 is 5.91 Å². The van der Waals surface area contributed by atoms with E-state index in [0.717, 1.165) is 11.1 Å². The molecule has 1 aromatic carbocycles. The number of likely N-dealkylation sites (N-methyl/N-ethyl adjacent to an activating group) is 1. The van der Waals surface area contributed by atoms with E-state index in [9.17, 15) is 9.59 Å². The molecule has 0 aliphatic rings. The summed E-state index contributed by atoms with van der Waals surface area (Å²) >= 11 is 0. The summed E-state index contributed by atoms with van der Waals surface area (Å²) < 4.78 is 0. The number of aldehydes is 1. The fraction of sp³-hybridized carbons (Fsp3) is 0.273. The van der Waals surface area contributed by atoms with E-state index in [4.69, 9.17) is 0 Å². The van der Waals surface area contributed by atoms with Gasteiger partial charge in [0, 0.05) is 13.6 Å². The summed E-state index contributed by atoms with van der Waals surface area (Å²) in [5.74, 6) is -0.492. The Morgan fingerprint density at radius 3 is 2.64 bits per heavy atom. The number of aryl methyl sites for hydroxylation is 1. The zero-order valence-corrected chi connectivity index (χ0v) is 8.36. The molecule has 0 bridgehead atoms. The lowest BCUT2D eigenvalue weighted by Gasteiger charge is -2.15. The first-order chi connectivity index (χ1) is 6.65. The predicted molar refractivity (Wildman–Crippen MR) is 53.7 cm³/mol. The summed E-state index contributed by atoms with van der Waals surface area (Å²) in [6, 6.07) is 7.79. The second kappa shape index (κ2) is 4.56. The summed E-state index contributed by atoms with van der Waals surface area (Å²) in [5.41, 5.74) is 2.18. The molecule has 0 aromatic heterocycles. The van der Waals surface area contributed by atoms with Gasteiger partial charge in [-0.05, 0) is 18.1 Å². The third-order valence-electron chi connectivity index (χ3n) is 2.15. The van der Waals surface area contributed by atoms with Crippen LogP contribution in [0.1, 0.15) is 11.1 Å². The molecule has 0 saturated carbocycles. The highest BCUT2D eigenvalue weighted by atomic mass is 16.2. The zero-order valence-electron chi connectivity index (χ0n) is 8.36. The summed E-state index contributed by atoms with van der Waals surface area (Å²) in [5, 5.41) is 0. The van der Waals surface area contributed by atoms with E-state index in [1.54, 1.807) is 7.05 Å². The number of carbonyl (C=O) groups excluding carboxylic acids is 2. The van der Waals surface area contributed by atoms with Crippen LogP contribution in [-0.4, -0.2) is 24.1 Å². The topological polar surface area (TPSA) is 37.4 Å². The molecular weight excluding hydrogens is 178 g/mol. The molecule has 0 radical (unpaired) electrons. The second-order valence-electron chi connectivity index (χ2n) is 3.24. The van der Waals surface area contributed by atoms with Crippen LogP contribution in [0.2, 0.25) is 0 Å². The van der Waals surface area contributed by atoms with Gasteiger partial charge >= 0.3 is 0 Å². The lowest BCUT2D eigenvalue weighted by molar-refractivity contribution is -0.138. The molecule has 0 saturated heterocycles. The highest BCUT2D eigenvalue weighted by Gasteiger charge is 2.07. The summed E-state index contributed by atoms with van der Waals surface area (Å²) in [4.78, 5) is 22.6. The van der Waals surface area contributed by atoms with Crippen molar-refractivity contribution in [2.24, 2.45) is 0 Å². The van der Waals surface area contributed by atoms with E-state index in [1.165, 1.54) is 4.90 Å². The van der Waals surface area contributed by atoms with Crippen LogP contribution in [0.3, 0.4) is 0 Å². The predicted octanol–water partition coefficient (Wildman–Crippen LogP) is 1.15. The minimum Gasteiger partial charge on any atom is -0.335 e. The van der Waals surface area contributed by atoms with Gasteiger partial charge in [0.1, 0.15) is 0 Å². The molecule has 0 aliphatic heterocycles. The molecule has 0 unspecified atom stereocenters. The maximum atomic E-state index is 11.0. The Morgan fingerprint density at radius 2 is 2.07 bits per heavy atom. The number of benzene rings is 1. The van der Waals surface area contributed by atoms with Crippen LogP contribution in [-0.2, 0) is 16.1 Å². The maximum Gasteiger partial charge on any atom is 0.286 e. The third-order valence-corrected chi connectivity index (χ3v) is 2.15. The maximum absolute atomic E-state index is 11.0. The molecular formula is C11H13NO2. The average Bonchev–Trinajstić information content (AvgIpc) is 2.20. The Balaban J connectivity index is 2.74. The minimum atomic E-state index is -0.492. The molecule has 14 heavy (non-hydrogen) atoms. The molecule has 0 fully saturated rings. The Morgan fingerprint density at radius 1 is 1.43 bits per heavy atom. The molecule has 3 nitrogen and oxygen atoms in total. The fourth-order valence-electron chi connectivity index (χ4n) is 1.21. The van der Waals surface area contributed by atoms with Crippen molar-refractivity contribution in [3.05, 3.63) is 35.4 Å². The Labute approximate surface area is 83.3 Å². The third kappa shape index (κ3) is 2.42. The van der Waals surface area contributed by atoms with Crippen molar-refractivity contribution < 1.29 is 9.59 Å². The Bertz CT molecular complexity index is 347. The van der Waals surface area contributed by atoms with E-state index in [0.29, 0.717) is 12.8 Å². The van der Waals surface area contributed by atoms with Crippen molar-refractivity contribution in [1.29, 1.82) is 0 Å². The molecule has 0 heterocycles. The van der Waals surface area contributed by atoms with E-state index in [1.807, 2.05) is 31.2 Å². The summed E-state index contributed by atoms with van der Waals surface area (Å²) in [6.45, 7) is 2.46. The van der Waals surface area contributed by atoms with Crippen LogP contribution >= 0.6 is 0 Å². The van der Waals surface area contributed by atoms with Gasteiger partial charge < -0.3 is 4.90 Å². The number of amides is 1. The van der Waals surface area contributed by atoms with Crippen molar-refractivity contribution in [3.8, 4) is 0 Å². The SMILES string of the molecule is Cc1ccccc1CN(C)C(=O)C=O. The smallest absolute Gasteiger partial charge is 0.286 e. The molecule has 3 heteroatoms. The van der Waals surface area contributed by atoms with Gasteiger partial charge in [0.05, 0.1) is 0 Å². The van der Waals surface area contributed by atoms with Crippen molar-refractivity contribution >= 4 is 12.2 Å². The quantitative estimate of drug-likeness (QED) is 0.531. The number of nitrogens with zero attached hydrogens (tertiary/aromatic N) is 1. The van der Waals surface area contributed by atoms with Gasteiger partial charge in [-0.15, -0.1) is 0 Å². The Kier molecular flexibility index (Phi) is 3.40. The molecule has 74 valence electrons. The lowest BCUT2D eigenvalue weighted by atomic mass is 10.1. The van der Waals surface area contributed by atoms with Gasteiger partial charge in [0.2, 0.25) is 6.29 Å². The van der Waals surface area contributed by atoms with Gasteiger partial charge in [0.15, 0.2) is 0 Å². The molecule has 0 N–H and O–H groups in total. The van der Waals surface area contributed by atoms with Gasteiger partial charge in [-0.3, -0.25) is 9.59 Å². The highest BCUT2D eigenvalue weighted by molar-refractivity contribution is 6.23. The van der Waals surface area contributed by atoms with Crippen LogP contribution in [0.4, 0.5) is 0 Å². The standard InChI is InChI=1S/C11H13NO2/c1-9-5-3-4-6-10(9)7-12(2)11(14)8-13/h3-6,8H,7H2,1-2H3. The number of hydrogen-bond donors (Lipinski definition) is 0. The number of carbonyl (C=O) groups is 2. The van der Waals surface area contributed by atoms with Crippen LogP contribution in [0.25, 0.3) is 0 Å². The van der Waals surface area contributed by atoms with Gasteiger partial charge in [-0.25, -0.2) is 0 Å². The molecule has 0 aliphatic carbocycles. The van der Waals surface area contributed by atoms with Crippen molar-refractivity contribution in [2.75, 3.05) is 7.05 Å². The number of hydrogen-bond acceptors (Lipinski definition) is 2. The van der Waals surface area contributed by atoms with E-state index >= 15 is 0 Å². The van der Waals surface area contributed by atoms with Crippen LogP contribution < -0.4 is 0 Å². The van der Waals surface area contributed by atoms with Crippen LogP contribution in [0.15, 0.2) is 24.3 Å². The van der Waals surface area contributed by atoms with Crippen molar-refractivity contribution in [2.45, 2.75) is 13.5 Å². The fourth-order valence-corrected chi connectivity index (χ4v) is 1.21. The minimum absolute atomic E-state index is 0.332. The summed E-state index contributed by atoms with van der Waals surface area (Å²) in [7, 11) is 1.61. The first kappa shape index (κ1) is 10.4. The van der Waals surface area contributed by atoms with E-state index in [-0.39, 0.29) is 0 Å². The van der Waals surface area contributed by atoms with Gasteiger partial charge in [-0.2, -0.15) is 0 Å². The average molecular weight is 191 g/mol. The van der Waals surface area contributed by atoms with Crippen LogP contribution in [0.5, 0.6) is 0 Å². The molecule has 0 spiro atoms. The monoisotopic (exact) mass is 191 g/mol. The molecule has 1 amide bonds. The Hall–Kier alpha value is -1.64. The molecule has 1 aromatic rings. The normalized spacial score (nSPS) is 9.57. The zero-order chi connectivity index (χ0) is 10.6. The molecule has 0 atom stereocenters. The first-order valence-electron chi connectivity index (χ1n) is 4.40. The summed E-state index contributed by atoms with van der Waals surface area (Å²) in [6.07, 6.45) is 0.332. The van der Waals surface area contributed by atoms with Crippen molar-refractivity contribution in [1.82, 2.24) is 4.90 Å². The number of rotatable bonds is 3. The van der Waals surface area contributed by atoms with Crippen LogP contribution in [0, 0.1) is 6.92 Å².